The molecule has 0 aliphatic carbocycles. The summed E-state index contributed by atoms with van der Waals surface area (Å²) in [6.07, 6.45) is 0. The lowest BCUT2D eigenvalue weighted by Gasteiger charge is -2.00. The van der Waals surface area contributed by atoms with Gasteiger partial charge in [0.25, 0.3) is 0 Å². The van der Waals surface area contributed by atoms with E-state index in [9.17, 15) is 0 Å². The number of aromatic nitrogens is 2. The first-order chi connectivity index (χ1) is 6.76. The van der Waals surface area contributed by atoms with Crippen molar-refractivity contribution < 1.29 is 0 Å². The Morgan fingerprint density at radius 3 is 3.00 bits per heavy atom. The number of nitriles is 1. The van der Waals surface area contributed by atoms with Crippen LogP contribution in [0, 0.1) is 11.3 Å². The molecule has 1 aromatic carbocycles. The first-order valence-electron chi connectivity index (χ1n) is 4.42. The second-order valence-electron chi connectivity index (χ2n) is 3.03. The zero-order chi connectivity index (χ0) is 10.1. The number of hydrogen-bond acceptors (Lipinski definition) is 3. The second kappa shape index (κ2) is 3.04. The van der Waals surface area contributed by atoms with E-state index in [1.54, 1.807) is 12.1 Å². The van der Waals surface area contributed by atoms with Gasteiger partial charge in [-0.15, -0.1) is 0 Å². The summed E-state index contributed by atoms with van der Waals surface area (Å²) in [5, 5.41) is 8.71. The van der Waals surface area contributed by atoms with Gasteiger partial charge in [-0.2, -0.15) is 5.26 Å². The van der Waals surface area contributed by atoms with Crippen LogP contribution < -0.4 is 5.73 Å². The minimum atomic E-state index is 0.498. The first-order valence-corrected chi connectivity index (χ1v) is 4.42. The van der Waals surface area contributed by atoms with Gasteiger partial charge in [-0.25, -0.2) is 4.98 Å². The van der Waals surface area contributed by atoms with E-state index < -0.39 is 0 Å². The van der Waals surface area contributed by atoms with E-state index in [4.69, 9.17) is 11.0 Å². The Balaban J connectivity index is 2.76. The Hall–Kier alpha value is -2.02. The number of fused-ring (bicyclic) bond motifs is 1. The number of nitrogens with zero attached hydrogens (tertiary/aromatic N) is 3. The Labute approximate surface area is 81.6 Å². The van der Waals surface area contributed by atoms with Crippen molar-refractivity contribution in [3.63, 3.8) is 0 Å². The Kier molecular flexibility index (Phi) is 1.86. The lowest BCUT2D eigenvalue weighted by molar-refractivity contribution is 0.800. The molecule has 0 aliphatic rings. The second-order valence-corrected chi connectivity index (χ2v) is 3.03. The molecule has 0 atom stereocenters. The minimum absolute atomic E-state index is 0.498. The lowest BCUT2D eigenvalue weighted by atomic mass is 10.2. The van der Waals surface area contributed by atoms with Crippen molar-refractivity contribution in [2.24, 2.45) is 0 Å². The number of aryl methyl sites for hydroxylation is 1. The molecular formula is C10H10N4. The van der Waals surface area contributed by atoms with Crippen LogP contribution in [0.3, 0.4) is 0 Å². The van der Waals surface area contributed by atoms with E-state index in [-0.39, 0.29) is 0 Å². The van der Waals surface area contributed by atoms with E-state index in [0.29, 0.717) is 11.5 Å². The van der Waals surface area contributed by atoms with Crippen molar-refractivity contribution >= 4 is 17.0 Å². The fourth-order valence-corrected chi connectivity index (χ4v) is 1.55. The topological polar surface area (TPSA) is 67.6 Å². The van der Waals surface area contributed by atoms with Gasteiger partial charge in [0.2, 0.25) is 5.95 Å². The zero-order valence-electron chi connectivity index (χ0n) is 7.86. The molecule has 0 amide bonds. The molecule has 70 valence electrons. The monoisotopic (exact) mass is 186 g/mol. The van der Waals surface area contributed by atoms with Gasteiger partial charge < -0.3 is 10.3 Å². The highest BCUT2D eigenvalue weighted by molar-refractivity contribution is 5.79. The molecule has 2 rings (SSSR count). The average molecular weight is 186 g/mol. The maximum atomic E-state index is 8.71. The molecule has 0 radical (unpaired) electrons. The zero-order valence-corrected chi connectivity index (χ0v) is 7.86. The van der Waals surface area contributed by atoms with Crippen LogP contribution >= 0.6 is 0 Å². The Morgan fingerprint density at radius 2 is 2.36 bits per heavy atom. The van der Waals surface area contributed by atoms with Gasteiger partial charge in [-0.1, -0.05) is 0 Å². The summed E-state index contributed by atoms with van der Waals surface area (Å²) >= 11 is 0. The van der Waals surface area contributed by atoms with Crippen LogP contribution in [0.2, 0.25) is 0 Å². The molecular weight excluding hydrogens is 176 g/mol. The van der Waals surface area contributed by atoms with Gasteiger partial charge in [-0.05, 0) is 25.1 Å². The third kappa shape index (κ3) is 1.11. The third-order valence-electron chi connectivity index (χ3n) is 2.22. The maximum Gasteiger partial charge on any atom is 0.201 e. The first kappa shape index (κ1) is 8.57. The molecule has 0 saturated carbocycles. The molecule has 0 aliphatic heterocycles. The summed E-state index contributed by atoms with van der Waals surface area (Å²) in [7, 11) is 0. The molecule has 2 N–H and O–H groups in total. The molecule has 1 heterocycles. The number of hydrogen-bond donors (Lipinski definition) is 1. The lowest BCUT2D eigenvalue weighted by Crippen LogP contribution is -2.00. The van der Waals surface area contributed by atoms with Crippen LogP contribution in [0.1, 0.15) is 12.5 Å². The van der Waals surface area contributed by atoms with Gasteiger partial charge in [0.05, 0.1) is 22.7 Å². The molecule has 0 saturated heterocycles. The standard InChI is InChI=1S/C10H10N4/c1-2-14-9-4-3-7(6-11)5-8(9)13-10(14)12/h3-5H,2H2,1H3,(H2,12,13). The molecule has 4 heteroatoms. The van der Waals surface area contributed by atoms with E-state index >= 15 is 0 Å². The van der Waals surface area contributed by atoms with Crippen LogP contribution in [0.4, 0.5) is 5.95 Å². The number of nitrogen functional groups attached to an aromatic ring is 1. The number of imidazole rings is 1. The van der Waals surface area contributed by atoms with Crippen molar-refractivity contribution in [1.82, 2.24) is 9.55 Å². The van der Waals surface area contributed by atoms with Gasteiger partial charge >= 0.3 is 0 Å². The van der Waals surface area contributed by atoms with Crippen LogP contribution in [-0.2, 0) is 6.54 Å². The molecule has 0 fully saturated rings. The van der Waals surface area contributed by atoms with Crippen LogP contribution in [-0.4, -0.2) is 9.55 Å². The van der Waals surface area contributed by atoms with Crippen molar-refractivity contribution in [3.05, 3.63) is 23.8 Å². The Bertz CT molecular complexity index is 519. The molecule has 2 aromatic rings. The largest absolute Gasteiger partial charge is 0.369 e. The van der Waals surface area contributed by atoms with Crippen LogP contribution in [0.5, 0.6) is 0 Å². The van der Waals surface area contributed by atoms with Gasteiger partial charge in [0, 0.05) is 6.54 Å². The van der Waals surface area contributed by atoms with E-state index in [1.165, 1.54) is 0 Å². The molecule has 1 aromatic heterocycles. The quantitative estimate of drug-likeness (QED) is 0.734. The average Bonchev–Trinajstić information content (AvgIpc) is 2.51. The SMILES string of the molecule is CCn1c(N)nc2cc(C#N)ccc21. The van der Waals surface area contributed by atoms with Gasteiger partial charge in [0.15, 0.2) is 0 Å². The molecule has 0 spiro atoms. The predicted molar refractivity (Wildman–Crippen MR) is 54.5 cm³/mol. The normalized spacial score (nSPS) is 10.3. The summed E-state index contributed by atoms with van der Waals surface area (Å²) in [5.41, 5.74) is 8.09. The summed E-state index contributed by atoms with van der Waals surface area (Å²) in [4.78, 5) is 4.18. The molecule has 4 nitrogen and oxygen atoms in total. The summed E-state index contributed by atoms with van der Waals surface area (Å²) in [6.45, 7) is 2.80. The highest BCUT2D eigenvalue weighted by Crippen LogP contribution is 2.18. The maximum absolute atomic E-state index is 8.71. The van der Waals surface area contributed by atoms with E-state index in [2.05, 4.69) is 11.1 Å². The van der Waals surface area contributed by atoms with Crippen LogP contribution in [0.25, 0.3) is 11.0 Å². The van der Waals surface area contributed by atoms with Crippen molar-refractivity contribution in [2.45, 2.75) is 13.5 Å². The highest BCUT2D eigenvalue weighted by Gasteiger charge is 2.06. The van der Waals surface area contributed by atoms with Crippen molar-refractivity contribution in [2.75, 3.05) is 5.73 Å². The van der Waals surface area contributed by atoms with E-state index in [1.807, 2.05) is 17.6 Å². The number of anilines is 1. The fraction of sp³-hybridized carbons (Fsp3) is 0.200. The summed E-state index contributed by atoms with van der Waals surface area (Å²) < 4.78 is 1.91. The molecule has 14 heavy (non-hydrogen) atoms. The minimum Gasteiger partial charge on any atom is -0.369 e. The molecule has 0 unspecified atom stereocenters. The number of rotatable bonds is 1. The number of benzene rings is 1. The van der Waals surface area contributed by atoms with E-state index in [0.717, 1.165) is 17.6 Å². The third-order valence-corrected chi connectivity index (χ3v) is 2.22. The predicted octanol–water partition coefficient (Wildman–Crippen LogP) is 1.51. The van der Waals surface area contributed by atoms with Crippen LogP contribution in [0.15, 0.2) is 18.2 Å². The smallest absolute Gasteiger partial charge is 0.201 e. The number of nitrogens with two attached hydrogens (primary N) is 1. The van der Waals surface area contributed by atoms with Crippen molar-refractivity contribution in [1.29, 1.82) is 5.26 Å². The Morgan fingerprint density at radius 1 is 1.57 bits per heavy atom. The fourth-order valence-electron chi connectivity index (χ4n) is 1.55. The van der Waals surface area contributed by atoms with Gasteiger partial charge in [-0.3, -0.25) is 0 Å². The van der Waals surface area contributed by atoms with Gasteiger partial charge in [0.1, 0.15) is 0 Å². The summed E-state index contributed by atoms with van der Waals surface area (Å²) in [5.74, 6) is 0.498. The molecule has 0 bridgehead atoms. The highest BCUT2D eigenvalue weighted by atomic mass is 15.1. The summed E-state index contributed by atoms with van der Waals surface area (Å²) in [6, 6.07) is 7.47. The van der Waals surface area contributed by atoms with Crippen molar-refractivity contribution in [3.8, 4) is 6.07 Å².